The largest absolute Gasteiger partial charge is 0.368 e. The summed E-state index contributed by atoms with van der Waals surface area (Å²) >= 11 is 8.66. The maximum absolute atomic E-state index is 11.4. The number of nitrogens with zero attached hydrogens (tertiary/aromatic N) is 1. The average molecular weight is 288 g/mol. The maximum Gasteiger partial charge on any atom is 0.241 e. The zero-order valence-electron chi connectivity index (χ0n) is 8.72. The molecule has 0 aromatic carbocycles. The first-order chi connectivity index (χ1) is 8.16. The van der Waals surface area contributed by atoms with Gasteiger partial charge in [-0.15, -0.1) is 22.7 Å². The monoisotopic (exact) mass is 287 g/mol. The minimum atomic E-state index is -0.588. The summed E-state index contributed by atoms with van der Waals surface area (Å²) in [6.07, 6.45) is 1.52. The Kier molecular flexibility index (Phi) is 4.11. The van der Waals surface area contributed by atoms with Gasteiger partial charge in [-0.1, -0.05) is 17.7 Å². The lowest BCUT2D eigenvalue weighted by atomic mass is 10.3. The molecule has 2 aromatic heterocycles. The van der Waals surface area contributed by atoms with E-state index in [1.807, 2.05) is 17.5 Å². The first kappa shape index (κ1) is 12.5. The molecule has 0 saturated heterocycles. The zero-order chi connectivity index (χ0) is 12.3. The lowest BCUT2D eigenvalue weighted by Crippen LogP contribution is -2.33. The fraction of sp³-hybridized carbons (Fsp3) is 0.200. The van der Waals surface area contributed by atoms with Gasteiger partial charge in [0.2, 0.25) is 5.91 Å². The number of carbonyl (C=O) groups is 1. The van der Waals surface area contributed by atoms with Crippen molar-refractivity contribution in [2.75, 3.05) is 0 Å². The van der Waals surface area contributed by atoms with Crippen molar-refractivity contribution in [1.82, 2.24) is 10.3 Å². The van der Waals surface area contributed by atoms with E-state index in [-0.39, 0.29) is 0 Å². The van der Waals surface area contributed by atoms with Gasteiger partial charge in [0.05, 0.1) is 6.20 Å². The Morgan fingerprint density at radius 1 is 1.65 bits per heavy atom. The van der Waals surface area contributed by atoms with Gasteiger partial charge >= 0.3 is 0 Å². The molecule has 90 valence electrons. The highest BCUT2D eigenvalue weighted by molar-refractivity contribution is 7.16. The van der Waals surface area contributed by atoms with Gasteiger partial charge in [-0.3, -0.25) is 10.1 Å². The molecule has 1 amide bonds. The standard InChI is InChI=1S/C10H10ClN3OS2/c11-7-5-14-10(17-7)8(9(12)15)13-4-6-2-1-3-16-6/h1-3,5,8,13H,4H2,(H2,12,15). The minimum absolute atomic E-state index is 0.451. The molecular formula is C10H10ClN3OS2. The van der Waals surface area contributed by atoms with Gasteiger partial charge in [-0.2, -0.15) is 0 Å². The number of primary amides is 1. The fourth-order valence-electron chi connectivity index (χ4n) is 1.33. The second kappa shape index (κ2) is 5.59. The Morgan fingerprint density at radius 2 is 2.47 bits per heavy atom. The van der Waals surface area contributed by atoms with Gasteiger partial charge in [-0.25, -0.2) is 4.98 Å². The van der Waals surface area contributed by atoms with Crippen LogP contribution >= 0.6 is 34.3 Å². The summed E-state index contributed by atoms with van der Waals surface area (Å²) in [5.41, 5.74) is 5.34. The van der Waals surface area contributed by atoms with Crippen LogP contribution in [0, 0.1) is 0 Å². The predicted octanol–water partition coefficient (Wildman–Crippen LogP) is 2.17. The molecule has 0 radical (unpaired) electrons. The average Bonchev–Trinajstić information content (AvgIpc) is 2.90. The Labute approximate surface area is 111 Å². The van der Waals surface area contributed by atoms with Crippen molar-refractivity contribution in [3.05, 3.63) is 37.9 Å². The molecule has 4 nitrogen and oxygen atoms in total. The quantitative estimate of drug-likeness (QED) is 0.886. The first-order valence-electron chi connectivity index (χ1n) is 4.83. The molecule has 0 aliphatic rings. The molecule has 2 aromatic rings. The summed E-state index contributed by atoms with van der Waals surface area (Å²) in [7, 11) is 0. The summed E-state index contributed by atoms with van der Waals surface area (Å²) < 4.78 is 0.546. The van der Waals surface area contributed by atoms with Crippen LogP contribution in [0.1, 0.15) is 15.9 Å². The Balaban J connectivity index is 2.05. The van der Waals surface area contributed by atoms with Gasteiger partial charge in [0, 0.05) is 11.4 Å². The number of hydrogen-bond donors (Lipinski definition) is 2. The summed E-state index contributed by atoms with van der Waals surface area (Å²) in [5.74, 6) is -0.451. The minimum Gasteiger partial charge on any atom is -0.368 e. The number of amides is 1. The fourth-order valence-corrected chi connectivity index (χ4v) is 3.00. The Morgan fingerprint density at radius 3 is 3.00 bits per heavy atom. The third kappa shape index (κ3) is 3.26. The normalized spacial score (nSPS) is 12.5. The highest BCUT2D eigenvalue weighted by Crippen LogP contribution is 2.24. The topological polar surface area (TPSA) is 68.0 Å². The number of hydrogen-bond acceptors (Lipinski definition) is 5. The second-order valence-corrected chi connectivity index (χ2v) is 6.02. The summed E-state index contributed by atoms with van der Waals surface area (Å²) in [6, 6.07) is 3.36. The van der Waals surface area contributed by atoms with E-state index in [9.17, 15) is 4.79 Å². The predicted molar refractivity (Wildman–Crippen MR) is 70.2 cm³/mol. The number of aromatic nitrogens is 1. The van der Waals surface area contributed by atoms with E-state index < -0.39 is 11.9 Å². The highest BCUT2D eigenvalue weighted by Gasteiger charge is 2.20. The van der Waals surface area contributed by atoms with E-state index in [1.54, 1.807) is 11.3 Å². The number of carbonyl (C=O) groups excluding carboxylic acids is 1. The number of nitrogens with two attached hydrogens (primary N) is 1. The van der Waals surface area contributed by atoms with Gasteiger partial charge < -0.3 is 5.73 Å². The van der Waals surface area contributed by atoms with Crippen LogP contribution in [-0.4, -0.2) is 10.9 Å². The third-order valence-corrected chi connectivity index (χ3v) is 4.14. The van der Waals surface area contributed by atoms with Crippen molar-refractivity contribution in [2.24, 2.45) is 5.73 Å². The van der Waals surface area contributed by atoms with E-state index in [1.165, 1.54) is 17.5 Å². The number of thiophene rings is 1. The maximum atomic E-state index is 11.4. The molecule has 0 spiro atoms. The van der Waals surface area contributed by atoms with Crippen molar-refractivity contribution in [2.45, 2.75) is 12.6 Å². The number of thiazole rings is 1. The molecule has 0 aliphatic heterocycles. The smallest absolute Gasteiger partial charge is 0.241 e. The van der Waals surface area contributed by atoms with Crippen molar-refractivity contribution in [3.63, 3.8) is 0 Å². The molecule has 1 unspecified atom stereocenters. The van der Waals surface area contributed by atoms with E-state index in [0.717, 1.165) is 4.88 Å². The molecule has 17 heavy (non-hydrogen) atoms. The SMILES string of the molecule is NC(=O)C(NCc1cccs1)c1ncc(Cl)s1. The van der Waals surface area contributed by atoms with Crippen LogP contribution < -0.4 is 11.1 Å². The van der Waals surface area contributed by atoms with Crippen LogP contribution in [0.3, 0.4) is 0 Å². The molecule has 7 heteroatoms. The third-order valence-electron chi connectivity index (χ3n) is 2.09. The second-order valence-electron chi connectivity index (χ2n) is 3.30. The molecule has 0 bridgehead atoms. The molecule has 0 fully saturated rings. The lowest BCUT2D eigenvalue weighted by Gasteiger charge is -2.11. The molecule has 1 atom stereocenters. The molecule has 0 saturated carbocycles. The Bertz CT molecular complexity index is 497. The van der Waals surface area contributed by atoms with Crippen LogP contribution in [0.5, 0.6) is 0 Å². The molecule has 0 aliphatic carbocycles. The molecular weight excluding hydrogens is 278 g/mol. The van der Waals surface area contributed by atoms with Crippen LogP contribution in [0.2, 0.25) is 4.34 Å². The van der Waals surface area contributed by atoms with Gasteiger partial charge in [0.25, 0.3) is 0 Å². The van der Waals surface area contributed by atoms with Crippen LogP contribution in [0.15, 0.2) is 23.7 Å². The molecule has 3 N–H and O–H groups in total. The van der Waals surface area contributed by atoms with Crippen LogP contribution in [0.25, 0.3) is 0 Å². The van der Waals surface area contributed by atoms with E-state index in [4.69, 9.17) is 17.3 Å². The number of halogens is 1. The lowest BCUT2D eigenvalue weighted by molar-refractivity contribution is -0.120. The van der Waals surface area contributed by atoms with Crippen LogP contribution in [0.4, 0.5) is 0 Å². The van der Waals surface area contributed by atoms with Gasteiger partial charge in [0.1, 0.15) is 15.4 Å². The van der Waals surface area contributed by atoms with Crippen LogP contribution in [-0.2, 0) is 11.3 Å². The van der Waals surface area contributed by atoms with Crippen molar-refractivity contribution in [3.8, 4) is 0 Å². The van der Waals surface area contributed by atoms with E-state index >= 15 is 0 Å². The van der Waals surface area contributed by atoms with Crippen molar-refractivity contribution in [1.29, 1.82) is 0 Å². The molecule has 2 rings (SSSR count). The van der Waals surface area contributed by atoms with E-state index in [2.05, 4.69) is 10.3 Å². The summed E-state index contributed by atoms with van der Waals surface area (Å²) in [4.78, 5) is 16.6. The van der Waals surface area contributed by atoms with Crippen molar-refractivity contribution < 1.29 is 4.79 Å². The number of rotatable bonds is 5. The summed E-state index contributed by atoms with van der Waals surface area (Å²) in [6.45, 7) is 0.586. The highest BCUT2D eigenvalue weighted by atomic mass is 35.5. The van der Waals surface area contributed by atoms with Gasteiger partial charge in [0.15, 0.2) is 0 Å². The summed E-state index contributed by atoms with van der Waals surface area (Å²) in [5, 5.41) is 5.66. The van der Waals surface area contributed by atoms with E-state index in [0.29, 0.717) is 15.9 Å². The first-order valence-corrected chi connectivity index (χ1v) is 6.90. The Hall–Kier alpha value is -0.950. The zero-order valence-corrected chi connectivity index (χ0v) is 11.1. The molecule has 2 heterocycles. The van der Waals surface area contributed by atoms with Gasteiger partial charge in [-0.05, 0) is 11.4 Å². The van der Waals surface area contributed by atoms with Crippen molar-refractivity contribution >= 4 is 40.2 Å². The number of nitrogens with one attached hydrogen (secondary N) is 1.